The molecule has 1 aromatic rings. The van der Waals surface area contributed by atoms with Crippen molar-refractivity contribution in [1.82, 2.24) is 0 Å². The van der Waals surface area contributed by atoms with Gasteiger partial charge in [0.2, 0.25) is 0 Å². The molecule has 0 radical (unpaired) electrons. The number of aliphatic hydroxyl groups is 1. The topological polar surface area (TPSA) is 37.3 Å². The number of carbonyl (C=O) groups excluding carboxylic acids is 1. The second-order valence-corrected chi connectivity index (χ2v) is 4.55. The molecule has 2 nitrogen and oxygen atoms in total. The van der Waals surface area contributed by atoms with Crippen molar-refractivity contribution in [2.45, 2.75) is 19.3 Å². The Morgan fingerprint density at radius 3 is 2.77 bits per heavy atom. The third kappa shape index (κ3) is 1.32. The molecule has 0 atom stereocenters. The maximum atomic E-state index is 11.9. The van der Waals surface area contributed by atoms with Crippen molar-refractivity contribution in [3.63, 3.8) is 0 Å². The Kier molecular flexibility index (Phi) is 2.22. The van der Waals surface area contributed by atoms with Crippen LogP contribution in [0.1, 0.15) is 28.9 Å². The van der Waals surface area contributed by atoms with Crippen molar-refractivity contribution in [1.29, 1.82) is 0 Å². The number of aliphatic hydroxyl groups excluding tert-OH is 1. The molecule has 1 fully saturated rings. The number of hydrogen-bond donors (Lipinski definition) is 1. The van der Waals surface area contributed by atoms with Gasteiger partial charge < -0.3 is 5.11 Å². The van der Waals surface area contributed by atoms with E-state index in [0.29, 0.717) is 0 Å². The summed E-state index contributed by atoms with van der Waals surface area (Å²) in [7, 11) is 0. The molecule has 70 valence electrons. The van der Waals surface area contributed by atoms with Gasteiger partial charge in [-0.1, -0.05) is 12.5 Å². The van der Waals surface area contributed by atoms with E-state index in [9.17, 15) is 9.90 Å². The number of Topliss-reactive ketones (excluding diaryl/α,β-unsaturated/α-hetero) is 1. The van der Waals surface area contributed by atoms with Crippen molar-refractivity contribution in [2.75, 3.05) is 6.61 Å². The molecular formula is C10H12O2S. The van der Waals surface area contributed by atoms with E-state index in [1.165, 1.54) is 11.3 Å². The second-order valence-electron chi connectivity index (χ2n) is 3.60. The van der Waals surface area contributed by atoms with Crippen molar-refractivity contribution in [2.24, 2.45) is 5.41 Å². The summed E-state index contributed by atoms with van der Waals surface area (Å²) in [5.74, 6) is 0.135. The highest BCUT2D eigenvalue weighted by Gasteiger charge is 2.43. The highest BCUT2D eigenvalue weighted by molar-refractivity contribution is 7.12. The predicted molar refractivity (Wildman–Crippen MR) is 52.0 cm³/mol. The van der Waals surface area contributed by atoms with Crippen LogP contribution in [0.2, 0.25) is 0 Å². The van der Waals surface area contributed by atoms with Crippen LogP contribution in [0.25, 0.3) is 0 Å². The summed E-state index contributed by atoms with van der Waals surface area (Å²) in [5.41, 5.74) is -0.426. The Labute approximate surface area is 81.2 Å². The minimum absolute atomic E-state index is 0.00370. The number of thiophene rings is 1. The molecule has 0 aliphatic heterocycles. The molecule has 1 aliphatic rings. The first-order chi connectivity index (χ1) is 6.28. The summed E-state index contributed by atoms with van der Waals surface area (Å²) < 4.78 is 0. The zero-order valence-corrected chi connectivity index (χ0v) is 8.14. The average molecular weight is 196 g/mol. The minimum atomic E-state index is -0.426. The Hall–Kier alpha value is -0.670. The standard InChI is InChI=1S/C10H12O2S/c11-7-10(4-2-5-10)9(12)8-3-1-6-13-8/h1,3,6,11H,2,4-5,7H2. The molecule has 1 heterocycles. The lowest BCUT2D eigenvalue weighted by Gasteiger charge is -2.38. The predicted octanol–water partition coefficient (Wildman–Crippen LogP) is 2.09. The van der Waals surface area contributed by atoms with Crippen molar-refractivity contribution in [3.8, 4) is 0 Å². The summed E-state index contributed by atoms with van der Waals surface area (Å²) in [4.78, 5) is 12.7. The van der Waals surface area contributed by atoms with Gasteiger partial charge in [0.25, 0.3) is 0 Å². The summed E-state index contributed by atoms with van der Waals surface area (Å²) in [6, 6.07) is 3.71. The molecule has 3 heteroatoms. The quantitative estimate of drug-likeness (QED) is 0.752. The van der Waals surface area contributed by atoms with E-state index >= 15 is 0 Å². The minimum Gasteiger partial charge on any atom is -0.395 e. The zero-order chi connectivity index (χ0) is 9.31. The van der Waals surface area contributed by atoms with Crippen LogP contribution in [0.15, 0.2) is 17.5 Å². The lowest BCUT2D eigenvalue weighted by Crippen LogP contribution is -2.41. The van der Waals surface area contributed by atoms with E-state index in [1.807, 2.05) is 17.5 Å². The SMILES string of the molecule is O=C(c1cccs1)C1(CO)CCC1. The molecule has 1 aliphatic carbocycles. The maximum absolute atomic E-state index is 11.9. The molecule has 0 spiro atoms. The Balaban J connectivity index is 2.21. The number of hydrogen-bond acceptors (Lipinski definition) is 3. The third-order valence-electron chi connectivity index (χ3n) is 2.84. The number of ketones is 1. The normalized spacial score (nSPS) is 19.5. The highest BCUT2D eigenvalue weighted by Crippen LogP contribution is 2.43. The largest absolute Gasteiger partial charge is 0.395 e. The van der Waals surface area contributed by atoms with E-state index in [1.54, 1.807) is 0 Å². The Bertz CT molecular complexity index is 293. The van der Waals surface area contributed by atoms with Gasteiger partial charge in [-0.05, 0) is 24.3 Å². The van der Waals surface area contributed by atoms with Gasteiger partial charge >= 0.3 is 0 Å². The summed E-state index contributed by atoms with van der Waals surface area (Å²) in [6.07, 6.45) is 2.76. The van der Waals surface area contributed by atoms with Crippen LogP contribution < -0.4 is 0 Å². The van der Waals surface area contributed by atoms with Crippen molar-refractivity contribution < 1.29 is 9.90 Å². The highest BCUT2D eigenvalue weighted by atomic mass is 32.1. The zero-order valence-electron chi connectivity index (χ0n) is 7.32. The van der Waals surface area contributed by atoms with Crippen LogP contribution in [0, 0.1) is 5.41 Å². The third-order valence-corrected chi connectivity index (χ3v) is 3.71. The molecule has 0 saturated heterocycles. The van der Waals surface area contributed by atoms with Gasteiger partial charge in [-0.25, -0.2) is 0 Å². The first-order valence-electron chi connectivity index (χ1n) is 4.48. The monoisotopic (exact) mass is 196 g/mol. The van der Waals surface area contributed by atoms with Crippen molar-refractivity contribution in [3.05, 3.63) is 22.4 Å². The van der Waals surface area contributed by atoms with E-state index in [4.69, 9.17) is 0 Å². The fourth-order valence-electron chi connectivity index (χ4n) is 1.73. The molecule has 0 unspecified atom stereocenters. The molecule has 0 amide bonds. The van der Waals surface area contributed by atoms with Gasteiger partial charge in [0, 0.05) is 0 Å². The lowest BCUT2D eigenvalue weighted by molar-refractivity contribution is 0.0352. The lowest BCUT2D eigenvalue weighted by atomic mass is 9.66. The molecule has 13 heavy (non-hydrogen) atoms. The van der Waals surface area contributed by atoms with E-state index in [-0.39, 0.29) is 12.4 Å². The van der Waals surface area contributed by atoms with Gasteiger partial charge in [-0.2, -0.15) is 0 Å². The van der Waals surface area contributed by atoms with Crippen molar-refractivity contribution >= 4 is 17.1 Å². The van der Waals surface area contributed by atoms with Crippen LogP contribution in [0.3, 0.4) is 0 Å². The van der Waals surface area contributed by atoms with Gasteiger partial charge in [0.15, 0.2) is 5.78 Å². The van der Waals surface area contributed by atoms with Crippen LogP contribution in [-0.4, -0.2) is 17.5 Å². The Morgan fingerprint density at radius 2 is 2.38 bits per heavy atom. The fraction of sp³-hybridized carbons (Fsp3) is 0.500. The van der Waals surface area contributed by atoms with Crippen LogP contribution in [-0.2, 0) is 0 Å². The van der Waals surface area contributed by atoms with Crippen LogP contribution in [0.4, 0.5) is 0 Å². The summed E-state index contributed by atoms with van der Waals surface area (Å²) in [6.45, 7) is 0.00370. The van der Waals surface area contributed by atoms with E-state index in [2.05, 4.69) is 0 Å². The van der Waals surface area contributed by atoms with Gasteiger partial charge in [-0.3, -0.25) is 4.79 Å². The first-order valence-corrected chi connectivity index (χ1v) is 5.36. The summed E-state index contributed by atoms with van der Waals surface area (Å²) >= 11 is 1.46. The number of rotatable bonds is 3. The molecule has 1 saturated carbocycles. The summed E-state index contributed by atoms with van der Waals surface area (Å²) in [5, 5.41) is 11.1. The van der Waals surface area contributed by atoms with E-state index < -0.39 is 5.41 Å². The average Bonchev–Trinajstić information content (AvgIpc) is 2.54. The first kappa shape index (κ1) is 8.91. The molecule has 0 bridgehead atoms. The second kappa shape index (κ2) is 3.24. The smallest absolute Gasteiger partial charge is 0.181 e. The van der Waals surface area contributed by atoms with Crippen LogP contribution in [0.5, 0.6) is 0 Å². The number of carbonyl (C=O) groups is 1. The molecular weight excluding hydrogens is 184 g/mol. The van der Waals surface area contributed by atoms with Gasteiger partial charge in [0.1, 0.15) is 0 Å². The molecule has 0 aromatic carbocycles. The molecule has 1 aromatic heterocycles. The van der Waals surface area contributed by atoms with Crippen LogP contribution >= 0.6 is 11.3 Å². The Morgan fingerprint density at radius 1 is 1.62 bits per heavy atom. The molecule has 1 N–H and O–H groups in total. The maximum Gasteiger partial charge on any atom is 0.181 e. The fourth-order valence-corrected chi connectivity index (χ4v) is 2.51. The van der Waals surface area contributed by atoms with Gasteiger partial charge in [0.05, 0.1) is 16.9 Å². The van der Waals surface area contributed by atoms with Gasteiger partial charge in [-0.15, -0.1) is 11.3 Å². The molecule has 2 rings (SSSR count). The van der Waals surface area contributed by atoms with E-state index in [0.717, 1.165) is 24.1 Å².